The van der Waals surface area contributed by atoms with E-state index in [4.69, 9.17) is 10.2 Å². The zero-order valence-corrected chi connectivity index (χ0v) is 8.05. The van der Waals surface area contributed by atoms with Crippen LogP contribution in [0.2, 0.25) is 0 Å². The SMILES string of the molecule is CCCCN(CCO)S(N)(=O)=O. The molecular formula is C6H16N2O3S. The monoisotopic (exact) mass is 196 g/mol. The van der Waals surface area contributed by atoms with Gasteiger partial charge in [-0.15, -0.1) is 0 Å². The van der Waals surface area contributed by atoms with Crippen molar-refractivity contribution < 1.29 is 13.5 Å². The van der Waals surface area contributed by atoms with Crippen molar-refractivity contribution in [1.29, 1.82) is 0 Å². The van der Waals surface area contributed by atoms with Crippen LogP contribution < -0.4 is 5.14 Å². The molecule has 0 unspecified atom stereocenters. The van der Waals surface area contributed by atoms with Crippen LogP contribution in [0.3, 0.4) is 0 Å². The molecule has 0 rings (SSSR count). The number of aliphatic hydroxyl groups is 1. The second kappa shape index (κ2) is 5.47. The maximum atomic E-state index is 10.8. The molecule has 0 atom stereocenters. The number of hydrogen-bond acceptors (Lipinski definition) is 3. The minimum atomic E-state index is -3.63. The Morgan fingerprint density at radius 1 is 1.42 bits per heavy atom. The largest absolute Gasteiger partial charge is 0.395 e. The Labute approximate surface area is 73.4 Å². The maximum Gasteiger partial charge on any atom is 0.276 e. The third kappa shape index (κ3) is 4.66. The van der Waals surface area contributed by atoms with Crippen molar-refractivity contribution in [2.45, 2.75) is 19.8 Å². The summed E-state index contributed by atoms with van der Waals surface area (Å²) >= 11 is 0. The first-order chi connectivity index (χ1) is 5.52. The Bertz CT molecular complexity index is 203. The molecule has 0 amide bonds. The average Bonchev–Trinajstić information content (AvgIpc) is 1.95. The first-order valence-corrected chi connectivity index (χ1v) is 5.41. The van der Waals surface area contributed by atoms with E-state index in [9.17, 15) is 8.42 Å². The molecule has 0 heterocycles. The molecule has 5 nitrogen and oxygen atoms in total. The molecule has 0 aromatic rings. The van der Waals surface area contributed by atoms with Gasteiger partial charge in [0, 0.05) is 13.1 Å². The molecule has 74 valence electrons. The Balaban J connectivity index is 4.05. The highest BCUT2D eigenvalue weighted by molar-refractivity contribution is 7.86. The standard InChI is InChI=1S/C6H16N2O3S/c1-2-3-4-8(5-6-9)12(7,10)11/h9H,2-6H2,1H3,(H2,7,10,11). The van der Waals surface area contributed by atoms with E-state index in [-0.39, 0.29) is 13.2 Å². The second-order valence-corrected chi connectivity index (χ2v) is 4.07. The average molecular weight is 196 g/mol. The van der Waals surface area contributed by atoms with Gasteiger partial charge in [-0.25, -0.2) is 5.14 Å². The Kier molecular flexibility index (Phi) is 5.39. The highest BCUT2D eigenvalue weighted by Crippen LogP contribution is 1.97. The summed E-state index contributed by atoms with van der Waals surface area (Å²) in [6.07, 6.45) is 1.66. The predicted octanol–water partition coefficient (Wildman–Crippen LogP) is -0.716. The zero-order valence-electron chi connectivity index (χ0n) is 7.23. The molecule has 6 heteroatoms. The lowest BCUT2D eigenvalue weighted by Crippen LogP contribution is -2.39. The van der Waals surface area contributed by atoms with Gasteiger partial charge in [0.25, 0.3) is 10.2 Å². The van der Waals surface area contributed by atoms with Crippen molar-refractivity contribution in [1.82, 2.24) is 4.31 Å². The van der Waals surface area contributed by atoms with Crippen LogP contribution in [0, 0.1) is 0 Å². The minimum Gasteiger partial charge on any atom is -0.395 e. The Morgan fingerprint density at radius 3 is 2.33 bits per heavy atom. The van der Waals surface area contributed by atoms with Gasteiger partial charge in [0.15, 0.2) is 0 Å². The first-order valence-electron chi connectivity index (χ1n) is 3.91. The number of unbranched alkanes of at least 4 members (excludes halogenated alkanes) is 1. The number of rotatable bonds is 6. The van der Waals surface area contributed by atoms with Gasteiger partial charge in [0.2, 0.25) is 0 Å². The lowest BCUT2D eigenvalue weighted by molar-refractivity contribution is 0.252. The first kappa shape index (κ1) is 11.8. The molecule has 0 bridgehead atoms. The van der Waals surface area contributed by atoms with Crippen molar-refractivity contribution in [3.05, 3.63) is 0 Å². The van der Waals surface area contributed by atoms with Crippen LogP contribution in [0.15, 0.2) is 0 Å². The summed E-state index contributed by atoms with van der Waals surface area (Å²) in [7, 11) is -3.63. The molecule has 0 saturated carbocycles. The summed E-state index contributed by atoms with van der Waals surface area (Å²) in [5.74, 6) is 0. The molecular weight excluding hydrogens is 180 g/mol. The smallest absolute Gasteiger partial charge is 0.276 e. The van der Waals surface area contributed by atoms with Crippen molar-refractivity contribution in [3.63, 3.8) is 0 Å². The van der Waals surface area contributed by atoms with Gasteiger partial charge in [0.1, 0.15) is 0 Å². The minimum absolute atomic E-state index is 0.0822. The molecule has 0 aliphatic rings. The van der Waals surface area contributed by atoms with Crippen LogP contribution in [0.4, 0.5) is 0 Å². The summed E-state index contributed by atoms with van der Waals surface area (Å²) in [6, 6.07) is 0. The summed E-state index contributed by atoms with van der Waals surface area (Å²) in [5, 5.41) is 13.4. The molecule has 0 saturated heterocycles. The van der Waals surface area contributed by atoms with E-state index in [2.05, 4.69) is 0 Å². The summed E-state index contributed by atoms with van der Waals surface area (Å²) in [5.41, 5.74) is 0. The van der Waals surface area contributed by atoms with E-state index in [1.807, 2.05) is 6.92 Å². The van der Waals surface area contributed by atoms with Gasteiger partial charge >= 0.3 is 0 Å². The summed E-state index contributed by atoms with van der Waals surface area (Å²) < 4.78 is 22.7. The molecule has 0 aromatic carbocycles. The van der Waals surface area contributed by atoms with Gasteiger partial charge in [-0.2, -0.15) is 12.7 Å². The van der Waals surface area contributed by atoms with Crippen LogP contribution >= 0.6 is 0 Å². The molecule has 0 aliphatic carbocycles. The van der Waals surface area contributed by atoms with E-state index in [1.54, 1.807) is 0 Å². The second-order valence-electron chi connectivity index (χ2n) is 2.52. The maximum absolute atomic E-state index is 10.8. The van der Waals surface area contributed by atoms with Crippen LogP contribution in [-0.2, 0) is 10.2 Å². The topological polar surface area (TPSA) is 83.6 Å². The third-order valence-corrected chi connectivity index (χ3v) is 2.56. The quantitative estimate of drug-likeness (QED) is 0.588. The lowest BCUT2D eigenvalue weighted by atomic mass is 10.3. The Hall–Kier alpha value is -0.170. The van der Waals surface area contributed by atoms with Gasteiger partial charge in [-0.05, 0) is 6.42 Å². The fourth-order valence-electron chi connectivity index (χ4n) is 0.812. The summed E-state index contributed by atoms with van der Waals surface area (Å²) in [6.45, 7) is 2.23. The third-order valence-electron chi connectivity index (χ3n) is 1.47. The molecule has 3 N–H and O–H groups in total. The van der Waals surface area contributed by atoms with Crippen molar-refractivity contribution in [3.8, 4) is 0 Å². The van der Waals surface area contributed by atoms with Crippen LogP contribution in [0.25, 0.3) is 0 Å². The number of nitrogens with zero attached hydrogens (tertiary/aromatic N) is 1. The van der Waals surface area contributed by atoms with E-state index in [0.717, 1.165) is 17.1 Å². The summed E-state index contributed by atoms with van der Waals surface area (Å²) in [4.78, 5) is 0. The van der Waals surface area contributed by atoms with Crippen molar-refractivity contribution in [2.75, 3.05) is 19.7 Å². The van der Waals surface area contributed by atoms with E-state index >= 15 is 0 Å². The molecule has 0 spiro atoms. The molecule has 0 aromatic heterocycles. The lowest BCUT2D eigenvalue weighted by Gasteiger charge is -2.17. The number of nitrogens with two attached hydrogens (primary N) is 1. The highest BCUT2D eigenvalue weighted by atomic mass is 32.2. The number of aliphatic hydroxyl groups excluding tert-OH is 1. The van der Waals surface area contributed by atoms with Crippen LogP contribution in [0.5, 0.6) is 0 Å². The van der Waals surface area contributed by atoms with Crippen molar-refractivity contribution >= 4 is 10.2 Å². The zero-order chi connectivity index (χ0) is 9.61. The molecule has 12 heavy (non-hydrogen) atoms. The van der Waals surface area contributed by atoms with Crippen LogP contribution in [-0.4, -0.2) is 37.5 Å². The van der Waals surface area contributed by atoms with Gasteiger partial charge in [-0.1, -0.05) is 13.3 Å². The van der Waals surface area contributed by atoms with Crippen LogP contribution in [0.1, 0.15) is 19.8 Å². The van der Waals surface area contributed by atoms with Crippen molar-refractivity contribution in [2.24, 2.45) is 5.14 Å². The fraction of sp³-hybridized carbons (Fsp3) is 1.00. The van der Waals surface area contributed by atoms with Gasteiger partial charge in [0.05, 0.1) is 6.61 Å². The van der Waals surface area contributed by atoms with E-state index < -0.39 is 10.2 Å². The molecule has 0 aliphatic heterocycles. The van der Waals surface area contributed by atoms with E-state index in [0.29, 0.717) is 6.54 Å². The molecule has 0 radical (unpaired) electrons. The normalized spacial score (nSPS) is 12.3. The predicted molar refractivity (Wildman–Crippen MR) is 46.7 cm³/mol. The van der Waals surface area contributed by atoms with Gasteiger partial charge in [-0.3, -0.25) is 0 Å². The highest BCUT2D eigenvalue weighted by Gasteiger charge is 2.14. The molecule has 0 fully saturated rings. The fourth-order valence-corrected chi connectivity index (χ4v) is 1.53. The Morgan fingerprint density at radius 2 is 2.00 bits per heavy atom. The van der Waals surface area contributed by atoms with Gasteiger partial charge < -0.3 is 5.11 Å². The van der Waals surface area contributed by atoms with E-state index in [1.165, 1.54) is 0 Å². The number of hydrogen-bond donors (Lipinski definition) is 2.